The molecule has 2 aromatic rings. The van der Waals surface area contributed by atoms with Crippen LogP contribution in [0.2, 0.25) is 0 Å². The second kappa shape index (κ2) is 6.15. The minimum Gasteiger partial charge on any atom is -0.392 e. The van der Waals surface area contributed by atoms with E-state index in [1.807, 2.05) is 18.2 Å². The third-order valence-corrected chi connectivity index (χ3v) is 4.15. The van der Waals surface area contributed by atoms with Crippen molar-refractivity contribution in [2.45, 2.75) is 18.9 Å². The molecule has 0 spiro atoms. The van der Waals surface area contributed by atoms with Gasteiger partial charge in [-0.05, 0) is 41.5 Å². The second-order valence-electron chi connectivity index (χ2n) is 5.66. The molecule has 1 aliphatic carbocycles. The van der Waals surface area contributed by atoms with Gasteiger partial charge in [-0.3, -0.25) is 10.1 Å². The number of nitro benzene ring substituents is 1. The van der Waals surface area contributed by atoms with Crippen LogP contribution in [0.5, 0.6) is 0 Å². The lowest BCUT2D eigenvalue weighted by Gasteiger charge is -2.08. The maximum atomic E-state index is 11.1. The molecule has 5 heteroatoms. The molecule has 2 aromatic carbocycles. The molecule has 22 heavy (non-hydrogen) atoms. The molecule has 2 unspecified atom stereocenters. The summed E-state index contributed by atoms with van der Waals surface area (Å²) in [6, 6.07) is 15.0. The molecule has 114 valence electrons. The summed E-state index contributed by atoms with van der Waals surface area (Å²) in [5.41, 5.74) is 2.53. The van der Waals surface area contributed by atoms with Gasteiger partial charge < -0.3 is 10.4 Å². The van der Waals surface area contributed by atoms with Crippen molar-refractivity contribution in [1.29, 1.82) is 0 Å². The number of hydrogen-bond acceptors (Lipinski definition) is 4. The van der Waals surface area contributed by atoms with Crippen LogP contribution in [0, 0.1) is 16.0 Å². The van der Waals surface area contributed by atoms with Gasteiger partial charge in [0.2, 0.25) is 0 Å². The number of hydrogen-bond donors (Lipinski definition) is 2. The first-order valence-electron chi connectivity index (χ1n) is 7.36. The quantitative estimate of drug-likeness (QED) is 0.634. The van der Waals surface area contributed by atoms with Gasteiger partial charge in [-0.25, -0.2) is 0 Å². The van der Waals surface area contributed by atoms with E-state index in [4.69, 9.17) is 0 Å². The molecular formula is C17H18N2O3. The molecule has 0 aliphatic heterocycles. The Kier molecular flexibility index (Phi) is 4.06. The first-order chi connectivity index (χ1) is 10.7. The molecule has 0 aromatic heterocycles. The number of anilines is 1. The van der Waals surface area contributed by atoms with Gasteiger partial charge >= 0.3 is 0 Å². The van der Waals surface area contributed by atoms with Gasteiger partial charge in [-0.1, -0.05) is 30.3 Å². The zero-order chi connectivity index (χ0) is 15.5. The van der Waals surface area contributed by atoms with Crippen molar-refractivity contribution in [3.05, 3.63) is 69.8 Å². The Bertz CT molecular complexity index is 673. The third-order valence-electron chi connectivity index (χ3n) is 4.15. The van der Waals surface area contributed by atoms with E-state index >= 15 is 0 Å². The van der Waals surface area contributed by atoms with Gasteiger partial charge in [0.25, 0.3) is 5.69 Å². The van der Waals surface area contributed by atoms with Crippen LogP contribution in [0.25, 0.3) is 0 Å². The van der Waals surface area contributed by atoms with Gasteiger partial charge in [0, 0.05) is 12.6 Å². The Morgan fingerprint density at radius 3 is 2.68 bits per heavy atom. The van der Waals surface area contributed by atoms with Crippen molar-refractivity contribution in [1.82, 2.24) is 0 Å². The fourth-order valence-electron chi connectivity index (χ4n) is 2.81. The predicted molar refractivity (Wildman–Crippen MR) is 84.8 cm³/mol. The molecule has 0 bridgehead atoms. The van der Waals surface area contributed by atoms with Crippen LogP contribution >= 0.6 is 0 Å². The standard InChI is InChI=1S/C17H18N2O3/c20-11-12-6-7-17(19(21)22)16(8-12)18-10-14-9-15(14)13-4-2-1-3-5-13/h1-8,14-15,18,20H,9-11H2. The molecule has 1 saturated carbocycles. The molecule has 0 amide bonds. The van der Waals surface area contributed by atoms with Gasteiger partial charge in [-0.15, -0.1) is 0 Å². The van der Waals surface area contributed by atoms with Gasteiger partial charge in [0.05, 0.1) is 11.5 Å². The molecular weight excluding hydrogens is 280 g/mol. The van der Waals surface area contributed by atoms with Crippen LogP contribution in [0.4, 0.5) is 11.4 Å². The monoisotopic (exact) mass is 298 g/mol. The Morgan fingerprint density at radius 1 is 1.23 bits per heavy atom. The number of benzene rings is 2. The van der Waals surface area contributed by atoms with Crippen molar-refractivity contribution in [2.24, 2.45) is 5.92 Å². The Labute approximate surface area is 128 Å². The number of nitrogens with zero attached hydrogens (tertiary/aromatic N) is 1. The highest BCUT2D eigenvalue weighted by molar-refractivity contribution is 5.62. The molecule has 2 N–H and O–H groups in total. The van der Waals surface area contributed by atoms with Crippen LogP contribution in [-0.4, -0.2) is 16.6 Å². The summed E-state index contributed by atoms with van der Waals surface area (Å²) in [6.07, 6.45) is 1.10. The molecule has 1 fully saturated rings. The second-order valence-corrected chi connectivity index (χ2v) is 5.66. The zero-order valence-corrected chi connectivity index (χ0v) is 12.1. The SMILES string of the molecule is O=[N+]([O-])c1ccc(CO)cc1NCC1CC1c1ccccc1. The van der Waals surface area contributed by atoms with E-state index in [0.717, 1.165) is 6.42 Å². The minimum atomic E-state index is -0.398. The summed E-state index contributed by atoms with van der Waals surface area (Å²) in [5, 5.41) is 23.4. The summed E-state index contributed by atoms with van der Waals surface area (Å²) >= 11 is 0. The smallest absolute Gasteiger partial charge is 0.292 e. The van der Waals surface area contributed by atoms with E-state index in [0.29, 0.717) is 29.6 Å². The van der Waals surface area contributed by atoms with E-state index < -0.39 is 4.92 Å². The van der Waals surface area contributed by atoms with Crippen LogP contribution in [0.15, 0.2) is 48.5 Å². The van der Waals surface area contributed by atoms with Crippen molar-refractivity contribution in [3.8, 4) is 0 Å². The van der Waals surface area contributed by atoms with Gasteiger partial charge in [0.1, 0.15) is 5.69 Å². The summed E-state index contributed by atoms with van der Waals surface area (Å²) in [6.45, 7) is 0.581. The maximum Gasteiger partial charge on any atom is 0.292 e. The molecule has 1 aliphatic rings. The Hall–Kier alpha value is -2.40. The number of nitro groups is 1. The fraction of sp³-hybridized carbons (Fsp3) is 0.294. The summed E-state index contributed by atoms with van der Waals surface area (Å²) < 4.78 is 0. The van der Waals surface area contributed by atoms with Gasteiger partial charge in [0.15, 0.2) is 0 Å². The lowest BCUT2D eigenvalue weighted by atomic mass is 10.1. The number of rotatable bonds is 6. The van der Waals surface area contributed by atoms with E-state index in [-0.39, 0.29) is 12.3 Å². The van der Waals surface area contributed by atoms with Crippen molar-refractivity contribution >= 4 is 11.4 Å². The van der Waals surface area contributed by atoms with E-state index in [1.165, 1.54) is 11.6 Å². The van der Waals surface area contributed by atoms with Crippen molar-refractivity contribution < 1.29 is 10.0 Å². The molecule has 0 heterocycles. The third kappa shape index (κ3) is 3.09. The van der Waals surface area contributed by atoms with E-state index in [2.05, 4.69) is 17.4 Å². The summed E-state index contributed by atoms with van der Waals surface area (Å²) in [5.74, 6) is 1.04. The van der Waals surface area contributed by atoms with Gasteiger partial charge in [-0.2, -0.15) is 0 Å². The lowest BCUT2D eigenvalue weighted by molar-refractivity contribution is -0.384. The number of nitrogens with one attached hydrogen (secondary N) is 1. The summed E-state index contributed by atoms with van der Waals surface area (Å²) in [4.78, 5) is 10.7. The first kappa shape index (κ1) is 14.5. The molecule has 0 saturated heterocycles. The molecule has 5 nitrogen and oxygen atoms in total. The molecule has 2 atom stereocenters. The lowest BCUT2D eigenvalue weighted by Crippen LogP contribution is -2.07. The normalized spacial score (nSPS) is 19.7. The van der Waals surface area contributed by atoms with E-state index in [9.17, 15) is 15.2 Å². The fourth-order valence-corrected chi connectivity index (χ4v) is 2.81. The summed E-state index contributed by atoms with van der Waals surface area (Å²) in [7, 11) is 0. The van der Waals surface area contributed by atoms with Crippen LogP contribution < -0.4 is 5.32 Å². The van der Waals surface area contributed by atoms with Crippen LogP contribution in [0.1, 0.15) is 23.5 Å². The molecule has 0 radical (unpaired) electrons. The largest absolute Gasteiger partial charge is 0.392 e. The highest BCUT2D eigenvalue weighted by Gasteiger charge is 2.37. The van der Waals surface area contributed by atoms with Crippen molar-refractivity contribution in [2.75, 3.05) is 11.9 Å². The number of aliphatic hydroxyl groups excluding tert-OH is 1. The van der Waals surface area contributed by atoms with Crippen LogP contribution in [0.3, 0.4) is 0 Å². The van der Waals surface area contributed by atoms with E-state index in [1.54, 1.807) is 12.1 Å². The topological polar surface area (TPSA) is 75.4 Å². The minimum absolute atomic E-state index is 0.0501. The van der Waals surface area contributed by atoms with Crippen LogP contribution in [-0.2, 0) is 6.61 Å². The highest BCUT2D eigenvalue weighted by atomic mass is 16.6. The zero-order valence-electron chi connectivity index (χ0n) is 12.1. The Morgan fingerprint density at radius 2 is 2.00 bits per heavy atom. The highest BCUT2D eigenvalue weighted by Crippen LogP contribution is 2.47. The first-order valence-corrected chi connectivity index (χ1v) is 7.36. The Balaban J connectivity index is 1.66. The predicted octanol–water partition coefficient (Wildman–Crippen LogP) is 3.30. The molecule has 3 rings (SSSR count). The average Bonchev–Trinajstić information content (AvgIpc) is 3.33. The average molecular weight is 298 g/mol. The number of aliphatic hydroxyl groups is 1. The maximum absolute atomic E-state index is 11.1. The van der Waals surface area contributed by atoms with Crippen molar-refractivity contribution in [3.63, 3.8) is 0 Å².